The average molecular weight is 292 g/mol. The molecule has 5 atom stereocenters. The number of hydrogen-bond acceptors (Lipinski definition) is 6. The van der Waals surface area contributed by atoms with Gasteiger partial charge in [0.15, 0.2) is 6.29 Å². The fourth-order valence-electron chi connectivity index (χ4n) is 2.25. The lowest BCUT2D eigenvalue weighted by atomic mass is 9.99. The molecule has 1 heterocycles. The Morgan fingerprint density at radius 2 is 1.50 bits per heavy atom. The Bertz CT molecular complexity index is 250. The number of ether oxygens (including phenoxy) is 2. The molecule has 0 aliphatic carbocycles. The van der Waals surface area contributed by atoms with Crippen LogP contribution in [-0.2, 0) is 9.47 Å². The van der Waals surface area contributed by atoms with Gasteiger partial charge >= 0.3 is 0 Å². The van der Waals surface area contributed by atoms with E-state index in [9.17, 15) is 20.4 Å². The van der Waals surface area contributed by atoms with Gasteiger partial charge in [-0.3, -0.25) is 0 Å². The van der Waals surface area contributed by atoms with Gasteiger partial charge in [0.1, 0.15) is 24.4 Å². The first-order valence-corrected chi connectivity index (χ1v) is 7.53. The maximum atomic E-state index is 9.70. The fraction of sp³-hybridized carbons (Fsp3) is 1.00. The number of aliphatic hydroxyl groups is 4. The lowest BCUT2D eigenvalue weighted by molar-refractivity contribution is -0.288. The second-order valence-electron chi connectivity index (χ2n) is 5.38. The standard InChI is InChI=1S/C14H28O6/c1-2-3-4-5-6-7-8-19-9-10-11(15)12(16)13(17)14(18)20-10/h10-18H,2-9H2,1H3/t10-,11-,12-,13-,14?/m1/s1. The molecule has 0 aromatic rings. The Kier molecular flexibility index (Phi) is 8.60. The van der Waals surface area contributed by atoms with E-state index in [0.29, 0.717) is 6.61 Å². The molecule has 6 nitrogen and oxygen atoms in total. The Labute approximate surface area is 120 Å². The van der Waals surface area contributed by atoms with Crippen molar-refractivity contribution in [1.29, 1.82) is 0 Å². The summed E-state index contributed by atoms with van der Waals surface area (Å²) < 4.78 is 10.4. The van der Waals surface area contributed by atoms with Gasteiger partial charge in [0.25, 0.3) is 0 Å². The minimum atomic E-state index is -1.49. The molecule has 4 N–H and O–H groups in total. The van der Waals surface area contributed by atoms with Gasteiger partial charge in [-0.15, -0.1) is 0 Å². The van der Waals surface area contributed by atoms with Crippen LogP contribution in [0.4, 0.5) is 0 Å². The number of hydrogen-bond donors (Lipinski definition) is 4. The largest absolute Gasteiger partial charge is 0.387 e. The van der Waals surface area contributed by atoms with Crippen LogP contribution >= 0.6 is 0 Å². The molecule has 0 amide bonds. The van der Waals surface area contributed by atoms with Crippen molar-refractivity contribution in [2.45, 2.75) is 76.2 Å². The molecule has 1 aliphatic rings. The summed E-state index contributed by atoms with van der Waals surface area (Å²) in [4.78, 5) is 0. The third kappa shape index (κ3) is 5.63. The van der Waals surface area contributed by atoms with Gasteiger partial charge in [0.2, 0.25) is 0 Å². The van der Waals surface area contributed by atoms with Crippen LogP contribution in [0.3, 0.4) is 0 Å². The molecule has 1 rings (SSSR count). The molecular weight excluding hydrogens is 264 g/mol. The summed E-state index contributed by atoms with van der Waals surface area (Å²) >= 11 is 0. The Morgan fingerprint density at radius 1 is 0.850 bits per heavy atom. The molecule has 0 bridgehead atoms. The summed E-state index contributed by atoms with van der Waals surface area (Å²) in [5.74, 6) is 0. The zero-order chi connectivity index (χ0) is 15.0. The quantitative estimate of drug-likeness (QED) is 0.452. The molecule has 0 spiro atoms. The van der Waals surface area contributed by atoms with Gasteiger partial charge in [0, 0.05) is 6.61 Å². The van der Waals surface area contributed by atoms with Crippen LogP contribution in [-0.4, -0.2) is 64.3 Å². The summed E-state index contributed by atoms with van der Waals surface area (Å²) in [6.45, 7) is 2.84. The van der Waals surface area contributed by atoms with Crippen LogP contribution in [0.25, 0.3) is 0 Å². The topological polar surface area (TPSA) is 99.4 Å². The third-order valence-corrected chi connectivity index (χ3v) is 3.61. The van der Waals surface area contributed by atoms with Crippen molar-refractivity contribution in [1.82, 2.24) is 0 Å². The molecule has 1 unspecified atom stereocenters. The van der Waals surface area contributed by atoms with Gasteiger partial charge in [-0.25, -0.2) is 0 Å². The number of aliphatic hydroxyl groups excluding tert-OH is 4. The monoisotopic (exact) mass is 292 g/mol. The van der Waals surface area contributed by atoms with Crippen LogP contribution in [0.15, 0.2) is 0 Å². The summed E-state index contributed by atoms with van der Waals surface area (Å²) in [5, 5.41) is 37.9. The first kappa shape index (κ1) is 17.8. The molecule has 20 heavy (non-hydrogen) atoms. The molecular formula is C14H28O6. The van der Waals surface area contributed by atoms with E-state index in [-0.39, 0.29) is 6.61 Å². The first-order chi connectivity index (χ1) is 9.57. The normalized spacial score (nSPS) is 34.4. The maximum Gasteiger partial charge on any atom is 0.184 e. The van der Waals surface area contributed by atoms with E-state index < -0.39 is 30.7 Å². The zero-order valence-electron chi connectivity index (χ0n) is 12.1. The molecule has 0 aromatic heterocycles. The maximum absolute atomic E-state index is 9.70. The van der Waals surface area contributed by atoms with Crippen LogP contribution < -0.4 is 0 Å². The van der Waals surface area contributed by atoms with E-state index in [1.165, 1.54) is 25.7 Å². The molecule has 0 radical (unpaired) electrons. The van der Waals surface area contributed by atoms with Gasteiger partial charge in [0.05, 0.1) is 6.61 Å². The Morgan fingerprint density at radius 3 is 2.20 bits per heavy atom. The van der Waals surface area contributed by atoms with Crippen molar-refractivity contribution >= 4 is 0 Å². The van der Waals surface area contributed by atoms with Crippen LogP contribution in [0.1, 0.15) is 45.4 Å². The van der Waals surface area contributed by atoms with E-state index in [1.54, 1.807) is 0 Å². The highest BCUT2D eigenvalue weighted by Crippen LogP contribution is 2.20. The predicted molar refractivity (Wildman–Crippen MR) is 73.1 cm³/mol. The Balaban J connectivity index is 2.09. The average Bonchev–Trinajstić information content (AvgIpc) is 2.44. The predicted octanol–water partition coefficient (Wildman–Crippen LogP) is 0.163. The minimum absolute atomic E-state index is 0.0942. The van der Waals surface area contributed by atoms with Crippen molar-refractivity contribution in [2.75, 3.05) is 13.2 Å². The molecule has 0 aromatic carbocycles. The van der Waals surface area contributed by atoms with Crippen LogP contribution in [0.2, 0.25) is 0 Å². The van der Waals surface area contributed by atoms with E-state index in [4.69, 9.17) is 9.47 Å². The van der Waals surface area contributed by atoms with Gasteiger partial charge in [-0.2, -0.15) is 0 Å². The SMILES string of the molecule is CCCCCCCCOC[C@H]1OC(O)[C@H](O)[C@H](O)[C@@H]1O. The second-order valence-corrected chi connectivity index (χ2v) is 5.38. The highest BCUT2D eigenvalue weighted by atomic mass is 16.6. The molecule has 0 saturated carbocycles. The van der Waals surface area contributed by atoms with Crippen molar-refractivity contribution in [3.8, 4) is 0 Å². The van der Waals surface area contributed by atoms with E-state index in [1.807, 2.05) is 0 Å². The van der Waals surface area contributed by atoms with Crippen molar-refractivity contribution < 1.29 is 29.9 Å². The van der Waals surface area contributed by atoms with Crippen LogP contribution in [0, 0.1) is 0 Å². The van der Waals surface area contributed by atoms with Gasteiger partial charge in [-0.1, -0.05) is 39.0 Å². The summed E-state index contributed by atoms with van der Waals surface area (Å²) in [7, 11) is 0. The van der Waals surface area contributed by atoms with Gasteiger partial charge < -0.3 is 29.9 Å². The first-order valence-electron chi connectivity index (χ1n) is 7.53. The third-order valence-electron chi connectivity index (χ3n) is 3.61. The molecule has 1 fully saturated rings. The van der Waals surface area contributed by atoms with Gasteiger partial charge in [-0.05, 0) is 6.42 Å². The van der Waals surface area contributed by atoms with E-state index >= 15 is 0 Å². The molecule has 1 saturated heterocycles. The summed E-state index contributed by atoms with van der Waals surface area (Å²) in [6.07, 6.45) is 0.530. The highest BCUT2D eigenvalue weighted by Gasteiger charge is 2.42. The highest BCUT2D eigenvalue weighted by molar-refractivity contribution is 4.88. The lowest BCUT2D eigenvalue weighted by Crippen LogP contribution is -2.58. The second kappa shape index (κ2) is 9.65. The van der Waals surface area contributed by atoms with Crippen molar-refractivity contribution in [3.63, 3.8) is 0 Å². The number of unbranched alkanes of at least 4 members (excludes halogenated alkanes) is 5. The number of rotatable bonds is 9. The minimum Gasteiger partial charge on any atom is -0.387 e. The fourth-order valence-corrected chi connectivity index (χ4v) is 2.25. The molecule has 120 valence electrons. The Hall–Kier alpha value is -0.240. The lowest BCUT2D eigenvalue weighted by Gasteiger charge is -2.38. The van der Waals surface area contributed by atoms with Crippen molar-refractivity contribution in [2.24, 2.45) is 0 Å². The summed E-state index contributed by atoms with van der Waals surface area (Å²) in [5.41, 5.74) is 0. The summed E-state index contributed by atoms with van der Waals surface area (Å²) in [6, 6.07) is 0. The van der Waals surface area contributed by atoms with E-state index in [0.717, 1.165) is 12.8 Å². The van der Waals surface area contributed by atoms with Crippen molar-refractivity contribution in [3.05, 3.63) is 0 Å². The molecule has 6 heteroatoms. The van der Waals surface area contributed by atoms with E-state index in [2.05, 4.69) is 6.92 Å². The van der Waals surface area contributed by atoms with Crippen LogP contribution in [0.5, 0.6) is 0 Å². The smallest absolute Gasteiger partial charge is 0.184 e. The molecule has 1 aliphatic heterocycles. The zero-order valence-corrected chi connectivity index (χ0v) is 12.1.